The van der Waals surface area contributed by atoms with Crippen molar-refractivity contribution in [2.24, 2.45) is 0 Å². The average Bonchev–Trinajstić information content (AvgIpc) is 3.93. The van der Waals surface area contributed by atoms with Crippen molar-refractivity contribution in [1.29, 1.82) is 0 Å². The van der Waals surface area contributed by atoms with E-state index in [-0.39, 0.29) is 0 Å². The molecular formula is C55H35N5. The quantitative estimate of drug-likeness (QED) is 0.169. The van der Waals surface area contributed by atoms with Gasteiger partial charge in [0.25, 0.3) is 0 Å². The normalized spacial score (nSPS) is 11.7. The highest BCUT2D eigenvalue weighted by molar-refractivity contribution is 6.30. The number of hydrogen-bond donors (Lipinski definition) is 0. The summed E-state index contributed by atoms with van der Waals surface area (Å²) in [4.78, 5) is 14.7. The molecule has 3 aromatic heterocycles. The van der Waals surface area contributed by atoms with Crippen molar-refractivity contribution >= 4 is 54.3 Å². The Morgan fingerprint density at radius 2 is 0.783 bits per heavy atom. The van der Waals surface area contributed by atoms with Gasteiger partial charge in [0.2, 0.25) is 0 Å². The van der Waals surface area contributed by atoms with E-state index in [2.05, 4.69) is 161 Å². The maximum absolute atomic E-state index is 4.93. The molecule has 12 rings (SSSR count). The van der Waals surface area contributed by atoms with Crippen LogP contribution in [-0.4, -0.2) is 24.1 Å². The molecule has 9 aromatic carbocycles. The first-order chi connectivity index (χ1) is 29.7. The van der Waals surface area contributed by atoms with Crippen molar-refractivity contribution in [2.45, 2.75) is 0 Å². The molecule has 5 heteroatoms. The van der Waals surface area contributed by atoms with Gasteiger partial charge in [0, 0.05) is 55.8 Å². The van der Waals surface area contributed by atoms with Crippen molar-refractivity contribution in [3.05, 3.63) is 212 Å². The Morgan fingerprint density at radius 1 is 0.300 bits per heavy atom. The molecule has 0 radical (unpaired) electrons. The fraction of sp³-hybridized carbons (Fsp3) is 0. The molecule has 0 saturated carbocycles. The molecule has 0 aliphatic carbocycles. The molecule has 0 unspecified atom stereocenters. The van der Waals surface area contributed by atoms with Crippen molar-refractivity contribution in [3.8, 4) is 56.7 Å². The van der Waals surface area contributed by atoms with Gasteiger partial charge >= 0.3 is 0 Å². The summed E-state index contributed by atoms with van der Waals surface area (Å²) in [6.45, 7) is 0. The molecular weight excluding hydrogens is 731 g/mol. The number of nitrogens with zero attached hydrogens (tertiary/aromatic N) is 5. The summed E-state index contributed by atoms with van der Waals surface area (Å²) in [5.41, 5.74) is 11.0. The molecule has 0 aliphatic rings. The van der Waals surface area contributed by atoms with E-state index in [4.69, 9.17) is 15.0 Å². The van der Waals surface area contributed by atoms with Gasteiger partial charge in [0.15, 0.2) is 17.5 Å². The van der Waals surface area contributed by atoms with E-state index >= 15 is 0 Å². The van der Waals surface area contributed by atoms with E-state index in [1.54, 1.807) is 0 Å². The lowest BCUT2D eigenvalue weighted by atomic mass is 9.98. The first-order valence-corrected chi connectivity index (χ1v) is 20.3. The highest BCUT2D eigenvalue weighted by Crippen LogP contribution is 2.42. The average molecular weight is 766 g/mol. The first kappa shape index (κ1) is 33.9. The number of hydrogen-bond acceptors (Lipinski definition) is 3. The van der Waals surface area contributed by atoms with E-state index in [1.165, 1.54) is 54.3 Å². The molecule has 60 heavy (non-hydrogen) atoms. The van der Waals surface area contributed by atoms with Gasteiger partial charge < -0.3 is 9.13 Å². The number of para-hydroxylation sites is 1. The van der Waals surface area contributed by atoms with Crippen molar-refractivity contribution in [3.63, 3.8) is 0 Å². The minimum absolute atomic E-state index is 0.644. The third-order valence-corrected chi connectivity index (χ3v) is 11.8. The maximum Gasteiger partial charge on any atom is 0.164 e. The SMILES string of the molecule is c1ccc(-c2nc(-c3ccccc3)nc(-c3ccc(-c4ccc(-n5c6ccc7ccccc7c6c6c7ccc8ccn(-c9ccccc9)c8c7ccc65)cc4)cc3)n2)cc1. The summed E-state index contributed by atoms with van der Waals surface area (Å²) in [5, 5.41) is 8.75. The second-order valence-corrected chi connectivity index (χ2v) is 15.3. The van der Waals surface area contributed by atoms with Crippen LogP contribution in [-0.2, 0) is 0 Å². The summed E-state index contributed by atoms with van der Waals surface area (Å²) in [6.07, 6.45) is 2.19. The molecule has 5 nitrogen and oxygen atoms in total. The lowest BCUT2D eigenvalue weighted by molar-refractivity contribution is 1.07. The number of aromatic nitrogens is 5. The molecule has 0 fully saturated rings. The molecule has 0 spiro atoms. The smallest absolute Gasteiger partial charge is 0.164 e. The predicted molar refractivity (Wildman–Crippen MR) is 248 cm³/mol. The number of benzene rings is 9. The van der Waals surface area contributed by atoms with Crippen molar-refractivity contribution < 1.29 is 0 Å². The molecule has 0 bridgehead atoms. The molecule has 0 amide bonds. The second-order valence-electron chi connectivity index (χ2n) is 15.3. The fourth-order valence-corrected chi connectivity index (χ4v) is 8.95. The molecule has 3 heterocycles. The zero-order chi connectivity index (χ0) is 39.6. The van der Waals surface area contributed by atoms with Crippen LogP contribution in [0.25, 0.3) is 111 Å². The van der Waals surface area contributed by atoms with Crippen LogP contribution in [0.1, 0.15) is 0 Å². The summed E-state index contributed by atoms with van der Waals surface area (Å²) in [7, 11) is 0. The van der Waals surface area contributed by atoms with Crippen LogP contribution in [0.5, 0.6) is 0 Å². The van der Waals surface area contributed by atoms with Crippen LogP contribution in [0.2, 0.25) is 0 Å². The molecule has 0 atom stereocenters. The van der Waals surface area contributed by atoms with Crippen molar-refractivity contribution in [2.75, 3.05) is 0 Å². The minimum atomic E-state index is 0.644. The van der Waals surface area contributed by atoms with Gasteiger partial charge in [-0.25, -0.2) is 15.0 Å². The summed E-state index contributed by atoms with van der Waals surface area (Å²) < 4.78 is 4.75. The first-order valence-electron chi connectivity index (χ1n) is 20.3. The van der Waals surface area contributed by atoms with E-state index in [1.807, 2.05) is 60.7 Å². The van der Waals surface area contributed by atoms with Crippen LogP contribution in [0.15, 0.2) is 212 Å². The van der Waals surface area contributed by atoms with Gasteiger partial charge in [-0.1, -0.05) is 164 Å². The summed E-state index contributed by atoms with van der Waals surface area (Å²) in [5.74, 6) is 1.95. The van der Waals surface area contributed by atoms with Crippen LogP contribution in [0.4, 0.5) is 0 Å². The Bertz CT molecular complexity index is 3490. The van der Waals surface area contributed by atoms with Gasteiger partial charge in [-0.3, -0.25) is 0 Å². The minimum Gasteiger partial charge on any atom is -0.316 e. The lowest BCUT2D eigenvalue weighted by Gasteiger charge is -2.11. The fourth-order valence-electron chi connectivity index (χ4n) is 8.95. The Hall–Kier alpha value is -8.15. The van der Waals surface area contributed by atoms with Gasteiger partial charge in [-0.2, -0.15) is 0 Å². The van der Waals surface area contributed by atoms with Crippen LogP contribution in [0.3, 0.4) is 0 Å². The lowest BCUT2D eigenvalue weighted by Crippen LogP contribution is -2.00. The zero-order valence-corrected chi connectivity index (χ0v) is 32.4. The van der Waals surface area contributed by atoms with Crippen LogP contribution in [0, 0.1) is 0 Å². The Morgan fingerprint density at radius 3 is 1.43 bits per heavy atom. The molecule has 0 aliphatic heterocycles. The third kappa shape index (κ3) is 5.52. The maximum atomic E-state index is 4.93. The molecule has 280 valence electrons. The standard InChI is InChI=1S/C55H35N5/c1-4-13-40(14-5-1)53-56-54(41-15-6-2-7-16-41)58-55(57-53)42-22-20-36(21-23-42)37-24-28-44(29-25-37)60-48-32-27-38-12-10-11-19-45(38)50(48)51-46-30-26-39-34-35-59(43-17-8-3-9-18-43)52(39)47(46)31-33-49(51)60/h1-35H. The van der Waals surface area contributed by atoms with Gasteiger partial charge in [-0.05, 0) is 69.8 Å². The monoisotopic (exact) mass is 765 g/mol. The molecule has 12 aromatic rings. The molecule has 0 saturated heterocycles. The Balaban J connectivity index is 0.964. The largest absolute Gasteiger partial charge is 0.316 e. The topological polar surface area (TPSA) is 48.5 Å². The summed E-state index contributed by atoms with van der Waals surface area (Å²) in [6, 6.07) is 73.0. The van der Waals surface area contributed by atoms with Gasteiger partial charge in [-0.15, -0.1) is 0 Å². The predicted octanol–water partition coefficient (Wildman–Crippen LogP) is 13.9. The van der Waals surface area contributed by atoms with Gasteiger partial charge in [0.05, 0.1) is 16.6 Å². The van der Waals surface area contributed by atoms with E-state index in [0.29, 0.717) is 17.5 Å². The summed E-state index contributed by atoms with van der Waals surface area (Å²) >= 11 is 0. The number of fused-ring (bicyclic) bond motifs is 9. The third-order valence-electron chi connectivity index (χ3n) is 11.8. The van der Waals surface area contributed by atoms with E-state index < -0.39 is 0 Å². The molecule has 0 N–H and O–H groups in total. The Kier molecular flexibility index (Phi) is 7.78. The highest BCUT2D eigenvalue weighted by Gasteiger charge is 2.19. The van der Waals surface area contributed by atoms with Crippen molar-refractivity contribution in [1.82, 2.24) is 24.1 Å². The van der Waals surface area contributed by atoms with Crippen LogP contribution < -0.4 is 0 Å². The van der Waals surface area contributed by atoms with Gasteiger partial charge in [0.1, 0.15) is 0 Å². The van der Waals surface area contributed by atoms with E-state index in [9.17, 15) is 0 Å². The Labute approximate surface area is 346 Å². The van der Waals surface area contributed by atoms with Crippen LogP contribution >= 0.6 is 0 Å². The highest BCUT2D eigenvalue weighted by atomic mass is 15.0. The number of rotatable bonds is 6. The van der Waals surface area contributed by atoms with E-state index in [0.717, 1.165) is 39.2 Å². The zero-order valence-electron chi connectivity index (χ0n) is 32.4. The second kappa shape index (κ2) is 13.8.